The molecule has 1 aromatic heterocycles. The average molecular weight is 325 g/mol. The number of sulfonamides is 1. The first-order valence-electron chi connectivity index (χ1n) is 6.42. The lowest BCUT2D eigenvalue weighted by atomic mass is 10.3. The van der Waals surface area contributed by atoms with Crippen LogP contribution in [0.4, 0.5) is 5.69 Å². The van der Waals surface area contributed by atoms with Crippen molar-refractivity contribution < 1.29 is 13.2 Å². The molecule has 2 rings (SSSR count). The van der Waals surface area contributed by atoms with Crippen molar-refractivity contribution in [2.75, 3.05) is 11.3 Å². The maximum Gasteiger partial charge on any atom is 0.325 e. The number of nitrogens with one attached hydrogen (secondary N) is 3. The summed E-state index contributed by atoms with van der Waals surface area (Å²) in [5.41, 5.74) is -1.50. The van der Waals surface area contributed by atoms with Crippen molar-refractivity contribution in [3.8, 4) is 5.75 Å². The van der Waals surface area contributed by atoms with E-state index in [1.807, 2.05) is 11.9 Å². The quantitative estimate of drug-likeness (QED) is 0.742. The Morgan fingerprint density at radius 1 is 1.14 bits per heavy atom. The molecule has 0 aliphatic rings. The fourth-order valence-corrected chi connectivity index (χ4v) is 3.20. The molecule has 0 aliphatic carbocycles. The Bertz CT molecular complexity index is 881. The highest BCUT2D eigenvalue weighted by atomic mass is 32.2. The SMILES string of the molecule is CCOc1ccc(NS(=O)(=O)c2c(C)[nH]c(=O)[nH]c2=O)cc1. The topological polar surface area (TPSA) is 121 Å². The summed E-state index contributed by atoms with van der Waals surface area (Å²) in [5, 5.41) is 0. The van der Waals surface area contributed by atoms with Crippen molar-refractivity contribution in [1.29, 1.82) is 0 Å². The highest BCUT2D eigenvalue weighted by molar-refractivity contribution is 7.92. The Morgan fingerprint density at radius 2 is 1.77 bits per heavy atom. The first kappa shape index (κ1) is 15.8. The minimum atomic E-state index is -4.12. The van der Waals surface area contributed by atoms with E-state index in [1.165, 1.54) is 19.1 Å². The van der Waals surface area contributed by atoms with Crippen molar-refractivity contribution in [3.63, 3.8) is 0 Å². The average Bonchev–Trinajstić information content (AvgIpc) is 2.39. The zero-order valence-electron chi connectivity index (χ0n) is 12.0. The van der Waals surface area contributed by atoms with Crippen LogP contribution in [0.1, 0.15) is 12.6 Å². The van der Waals surface area contributed by atoms with Gasteiger partial charge in [-0.3, -0.25) is 14.5 Å². The molecule has 0 atom stereocenters. The van der Waals surface area contributed by atoms with Gasteiger partial charge in [-0.05, 0) is 38.1 Å². The van der Waals surface area contributed by atoms with Crippen molar-refractivity contribution in [1.82, 2.24) is 9.97 Å². The standard InChI is InChI=1S/C13H15N3O5S/c1-3-21-10-6-4-9(5-7-10)16-22(19,20)11-8(2)14-13(18)15-12(11)17/h4-7,16H,3H2,1-2H3,(H2,14,15,17,18). The molecule has 0 aliphatic heterocycles. The van der Waals surface area contributed by atoms with Gasteiger partial charge in [0.25, 0.3) is 15.6 Å². The maximum absolute atomic E-state index is 12.3. The van der Waals surface area contributed by atoms with Gasteiger partial charge in [0, 0.05) is 11.4 Å². The summed E-state index contributed by atoms with van der Waals surface area (Å²) in [7, 11) is -4.12. The molecule has 1 heterocycles. The van der Waals surface area contributed by atoms with Gasteiger partial charge in [0.05, 0.1) is 6.61 Å². The van der Waals surface area contributed by atoms with Crippen molar-refractivity contribution >= 4 is 15.7 Å². The molecule has 0 saturated heterocycles. The lowest BCUT2D eigenvalue weighted by Gasteiger charge is -2.10. The zero-order valence-corrected chi connectivity index (χ0v) is 12.8. The van der Waals surface area contributed by atoms with Crippen LogP contribution in [0, 0.1) is 6.92 Å². The lowest BCUT2D eigenvalue weighted by Crippen LogP contribution is -2.31. The summed E-state index contributed by atoms with van der Waals surface area (Å²) in [6.07, 6.45) is 0. The largest absolute Gasteiger partial charge is 0.494 e. The monoisotopic (exact) mass is 325 g/mol. The third kappa shape index (κ3) is 3.37. The first-order chi connectivity index (χ1) is 10.3. The third-order valence-corrected chi connectivity index (χ3v) is 4.29. The minimum absolute atomic E-state index is 0.0350. The Labute approximate surface area is 126 Å². The fraction of sp³-hybridized carbons (Fsp3) is 0.231. The summed E-state index contributed by atoms with van der Waals surface area (Å²) in [6.45, 7) is 3.67. The summed E-state index contributed by atoms with van der Waals surface area (Å²) >= 11 is 0. The van der Waals surface area contributed by atoms with Crippen LogP contribution in [0.15, 0.2) is 38.8 Å². The predicted octanol–water partition coefficient (Wildman–Crippen LogP) is 0.571. The number of rotatable bonds is 5. The zero-order chi connectivity index (χ0) is 16.3. The van der Waals surface area contributed by atoms with Crippen LogP contribution in [-0.2, 0) is 10.0 Å². The van der Waals surface area contributed by atoms with Crippen LogP contribution < -0.4 is 20.7 Å². The van der Waals surface area contributed by atoms with E-state index in [1.54, 1.807) is 12.1 Å². The number of benzene rings is 1. The number of hydrogen-bond acceptors (Lipinski definition) is 5. The highest BCUT2D eigenvalue weighted by Crippen LogP contribution is 2.18. The number of ether oxygens (including phenoxy) is 1. The smallest absolute Gasteiger partial charge is 0.325 e. The Kier molecular flexibility index (Phi) is 4.36. The number of aromatic nitrogens is 2. The van der Waals surface area contributed by atoms with Crippen LogP contribution in [0.25, 0.3) is 0 Å². The minimum Gasteiger partial charge on any atom is -0.494 e. The van der Waals surface area contributed by atoms with E-state index in [2.05, 4.69) is 9.71 Å². The molecule has 0 unspecified atom stereocenters. The van der Waals surface area contributed by atoms with Gasteiger partial charge < -0.3 is 9.72 Å². The van der Waals surface area contributed by atoms with E-state index in [4.69, 9.17) is 4.74 Å². The van der Waals surface area contributed by atoms with E-state index in [0.717, 1.165) is 0 Å². The summed E-state index contributed by atoms with van der Waals surface area (Å²) < 4.78 is 32.1. The third-order valence-electron chi connectivity index (χ3n) is 2.76. The van der Waals surface area contributed by atoms with Gasteiger partial charge in [-0.2, -0.15) is 0 Å². The molecule has 0 spiro atoms. The Morgan fingerprint density at radius 3 is 2.32 bits per heavy atom. The van der Waals surface area contributed by atoms with Crippen LogP contribution in [0.5, 0.6) is 5.75 Å². The second-order valence-corrected chi connectivity index (χ2v) is 6.04. The normalized spacial score (nSPS) is 11.2. The molecule has 3 N–H and O–H groups in total. The van der Waals surface area contributed by atoms with E-state index < -0.39 is 26.2 Å². The molecule has 9 heteroatoms. The second-order valence-electron chi connectivity index (χ2n) is 4.43. The Hall–Kier alpha value is -2.55. The number of aryl methyl sites for hydroxylation is 1. The molecule has 118 valence electrons. The molecule has 0 saturated carbocycles. The van der Waals surface area contributed by atoms with Gasteiger partial charge in [0.1, 0.15) is 5.75 Å². The van der Waals surface area contributed by atoms with E-state index in [0.29, 0.717) is 12.4 Å². The van der Waals surface area contributed by atoms with E-state index >= 15 is 0 Å². The summed E-state index contributed by atoms with van der Waals surface area (Å²) in [4.78, 5) is 26.4. The van der Waals surface area contributed by atoms with E-state index in [9.17, 15) is 18.0 Å². The number of aromatic amines is 2. The van der Waals surface area contributed by atoms with Crippen LogP contribution >= 0.6 is 0 Å². The van der Waals surface area contributed by atoms with Crippen LogP contribution in [0.2, 0.25) is 0 Å². The van der Waals surface area contributed by atoms with Crippen molar-refractivity contribution in [3.05, 3.63) is 50.8 Å². The Balaban J connectivity index is 2.36. The predicted molar refractivity (Wildman–Crippen MR) is 80.8 cm³/mol. The van der Waals surface area contributed by atoms with Gasteiger partial charge in [-0.15, -0.1) is 0 Å². The van der Waals surface area contributed by atoms with Gasteiger partial charge in [-0.1, -0.05) is 0 Å². The van der Waals surface area contributed by atoms with E-state index in [-0.39, 0.29) is 11.4 Å². The fourth-order valence-electron chi connectivity index (χ4n) is 1.90. The van der Waals surface area contributed by atoms with Gasteiger partial charge in [0.15, 0.2) is 4.90 Å². The molecular weight excluding hydrogens is 310 g/mol. The number of anilines is 1. The molecule has 0 radical (unpaired) electrons. The van der Waals surface area contributed by atoms with Crippen molar-refractivity contribution in [2.24, 2.45) is 0 Å². The lowest BCUT2D eigenvalue weighted by molar-refractivity contribution is 0.340. The first-order valence-corrected chi connectivity index (χ1v) is 7.90. The summed E-state index contributed by atoms with van der Waals surface area (Å²) in [6, 6.07) is 6.23. The van der Waals surface area contributed by atoms with Crippen LogP contribution in [-0.4, -0.2) is 25.0 Å². The molecule has 1 aromatic carbocycles. The number of H-pyrrole nitrogens is 2. The highest BCUT2D eigenvalue weighted by Gasteiger charge is 2.22. The van der Waals surface area contributed by atoms with Crippen molar-refractivity contribution in [2.45, 2.75) is 18.7 Å². The molecule has 22 heavy (non-hydrogen) atoms. The molecule has 0 amide bonds. The number of hydrogen-bond donors (Lipinski definition) is 3. The molecular formula is C13H15N3O5S. The molecule has 8 nitrogen and oxygen atoms in total. The van der Waals surface area contributed by atoms with Gasteiger partial charge >= 0.3 is 5.69 Å². The second kappa shape index (κ2) is 6.06. The molecule has 0 bridgehead atoms. The maximum atomic E-state index is 12.3. The molecule has 0 fully saturated rings. The summed E-state index contributed by atoms with van der Waals surface area (Å²) in [5.74, 6) is 0.600. The molecule has 2 aromatic rings. The van der Waals surface area contributed by atoms with Gasteiger partial charge in [0.2, 0.25) is 0 Å². The van der Waals surface area contributed by atoms with Crippen LogP contribution in [0.3, 0.4) is 0 Å². The van der Waals surface area contributed by atoms with Gasteiger partial charge in [-0.25, -0.2) is 13.2 Å².